The number of benzene rings is 1. The molecule has 1 aliphatic rings. The van der Waals surface area contributed by atoms with Gasteiger partial charge in [-0.05, 0) is 11.6 Å². The Morgan fingerprint density at radius 3 is 2.83 bits per heavy atom. The molecule has 1 amide bonds. The summed E-state index contributed by atoms with van der Waals surface area (Å²) in [7, 11) is 0. The summed E-state index contributed by atoms with van der Waals surface area (Å²) in [4.78, 5) is 22.3. The number of nitrogens with one attached hydrogen (secondary N) is 1. The molecule has 0 fully saturated rings. The Morgan fingerprint density at radius 1 is 1.50 bits per heavy atom. The highest BCUT2D eigenvalue weighted by molar-refractivity contribution is 5.87. The van der Waals surface area contributed by atoms with Gasteiger partial charge in [0.1, 0.15) is 12.4 Å². The normalized spacial score (nSPS) is 18.6. The first kappa shape index (κ1) is 12.3. The number of carbonyl (C=O) groups excluding carboxylic acids is 1. The van der Waals surface area contributed by atoms with Crippen molar-refractivity contribution in [3.63, 3.8) is 0 Å². The number of carboxylic acid groups (broad SMARTS) is 1. The van der Waals surface area contributed by atoms with Crippen LogP contribution in [0.25, 0.3) is 0 Å². The van der Waals surface area contributed by atoms with Crippen LogP contribution in [0.1, 0.15) is 5.56 Å². The molecular weight excluding hydrogens is 241 g/mol. The highest BCUT2D eigenvalue weighted by atomic mass is 19.1. The number of carbonyl (C=O) groups is 2. The van der Waals surface area contributed by atoms with Crippen LogP contribution in [0, 0.1) is 0 Å². The molecule has 6 heteroatoms. The predicted molar refractivity (Wildman–Crippen MR) is 60.1 cm³/mol. The molecule has 2 unspecified atom stereocenters. The van der Waals surface area contributed by atoms with Gasteiger partial charge in [0.2, 0.25) is 0 Å². The van der Waals surface area contributed by atoms with E-state index >= 15 is 0 Å². The van der Waals surface area contributed by atoms with Crippen molar-refractivity contribution in [2.45, 2.75) is 18.6 Å². The van der Waals surface area contributed by atoms with Crippen molar-refractivity contribution < 1.29 is 23.8 Å². The van der Waals surface area contributed by atoms with Crippen molar-refractivity contribution in [2.24, 2.45) is 0 Å². The summed E-state index contributed by atoms with van der Waals surface area (Å²) in [6.45, 7) is -1.15. The van der Waals surface area contributed by atoms with Gasteiger partial charge >= 0.3 is 5.97 Å². The van der Waals surface area contributed by atoms with Crippen LogP contribution in [0.4, 0.5) is 4.39 Å². The molecule has 0 aliphatic carbocycles. The van der Waals surface area contributed by atoms with Gasteiger partial charge in [-0.1, -0.05) is 18.2 Å². The van der Waals surface area contributed by atoms with Gasteiger partial charge in [0, 0.05) is 6.42 Å². The fraction of sp³-hybridized carbons (Fsp3) is 0.333. The number of para-hydroxylation sites is 1. The first-order chi connectivity index (χ1) is 8.61. The summed E-state index contributed by atoms with van der Waals surface area (Å²) >= 11 is 0. The second-order valence-corrected chi connectivity index (χ2v) is 3.97. The molecule has 2 atom stereocenters. The zero-order valence-corrected chi connectivity index (χ0v) is 9.43. The summed E-state index contributed by atoms with van der Waals surface area (Å²) in [6.07, 6.45) is -0.434. The zero-order chi connectivity index (χ0) is 13.1. The van der Waals surface area contributed by atoms with E-state index in [0.29, 0.717) is 12.2 Å². The van der Waals surface area contributed by atoms with Gasteiger partial charge in [-0.25, -0.2) is 9.18 Å². The van der Waals surface area contributed by atoms with Gasteiger partial charge in [-0.3, -0.25) is 4.79 Å². The molecule has 1 aliphatic heterocycles. The molecule has 1 aromatic carbocycles. The van der Waals surface area contributed by atoms with Crippen molar-refractivity contribution in [3.8, 4) is 5.75 Å². The molecule has 96 valence electrons. The Kier molecular flexibility index (Phi) is 3.45. The molecule has 0 spiro atoms. The first-order valence-corrected chi connectivity index (χ1v) is 5.45. The Morgan fingerprint density at radius 2 is 2.22 bits per heavy atom. The third-order valence-corrected chi connectivity index (χ3v) is 2.71. The van der Waals surface area contributed by atoms with Gasteiger partial charge in [-0.2, -0.15) is 0 Å². The van der Waals surface area contributed by atoms with E-state index in [4.69, 9.17) is 9.84 Å². The molecule has 0 radical (unpaired) electrons. The van der Waals surface area contributed by atoms with Crippen LogP contribution in [0.3, 0.4) is 0 Å². The molecule has 5 nitrogen and oxygen atoms in total. The molecule has 0 saturated heterocycles. The average Bonchev–Trinajstić information content (AvgIpc) is 2.79. The molecule has 0 bridgehead atoms. The number of halogens is 1. The van der Waals surface area contributed by atoms with Gasteiger partial charge in [0.15, 0.2) is 12.1 Å². The van der Waals surface area contributed by atoms with E-state index in [1.807, 2.05) is 12.1 Å². The minimum Gasteiger partial charge on any atom is -0.480 e. The Bertz CT molecular complexity index is 452. The van der Waals surface area contributed by atoms with Crippen LogP contribution in [0.2, 0.25) is 0 Å². The van der Waals surface area contributed by atoms with E-state index < -0.39 is 30.7 Å². The minimum absolute atomic E-state index is 0.362. The van der Waals surface area contributed by atoms with E-state index in [0.717, 1.165) is 5.56 Å². The predicted octanol–water partition coefficient (Wildman–Crippen LogP) is 0.529. The van der Waals surface area contributed by atoms with E-state index in [9.17, 15) is 14.0 Å². The topological polar surface area (TPSA) is 75.6 Å². The van der Waals surface area contributed by atoms with Crippen LogP contribution in [-0.2, 0) is 16.0 Å². The minimum atomic E-state index is -1.52. The van der Waals surface area contributed by atoms with Crippen LogP contribution in [-0.4, -0.2) is 35.8 Å². The van der Waals surface area contributed by atoms with Crippen LogP contribution in [0.15, 0.2) is 24.3 Å². The van der Waals surface area contributed by atoms with Crippen molar-refractivity contribution in [3.05, 3.63) is 29.8 Å². The number of aliphatic carboxylic acids is 1. The zero-order valence-electron chi connectivity index (χ0n) is 9.43. The maximum Gasteiger partial charge on any atom is 0.328 e. The summed E-state index contributed by atoms with van der Waals surface area (Å²) in [5, 5.41) is 10.7. The highest BCUT2D eigenvalue weighted by Gasteiger charge is 2.31. The number of ether oxygens (including phenoxy) is 1. The fourth-order valence-corrected chi connectivity index (χ4v) is 1.76. The maximum atomic E-state index is 12.4. The Hall–Kier alpha value is -2.11. The van der Waals surface area contributed by atoms with Crippen molar-refractivity contribution in [1.82, 2.24) is 5.32 Å². The second kappa shape index (κ2) is 5.03. The molecule has 1 heterocycles. The quantitative estimate of drug-likeness (QED) is 0.820. The van der Waals surface area contributed by atoms with Gasteiger partial charge in [0.05, 0.1) is 0 Å². The van der Waals surface area contributed by atoms with Crippen molar-refractivity contribution in [2.75, 3.05) is 6.67 Å². The molecule has 0 aromatic heterocycles. The maximum absolute atomic E-state index is 12.4. The number of alkyl halides is 1. The SMILES string of the molecule is O=C(O)C(CF)NC(=O)C1Cc2ccccc2O1. The smallest absolute Gasteiger partial charge is 0.328 e. The third kappa shape index (κ3) is 2.42. The lowest BCUT2D eigenvalue weighted by atomic mass is 10.1. The Balaban J connectivity index is 1.99. The number of hydrogen-bond donors (Lipinski definition) is 2. The van der Waals surface area contributed by atoms with Gasteiger partial charge in [0.25, 0.3) is 5.91 Å². The monoisotopic (exact) mass is 253 g/mol. The lowest BCUT2D eigenvalue weighted by Crippen LogP contribution is -2.47. The number of hydrogen-bond acceptors (Lipinski definition) is 3. The Labute approximate surface area is 103 Å². The standard InChI is InChI=1S/C12H12FNO4/c13-6-8(12(16)17)14-11(15)10-5-7-3-1-2-4-9(7)18-10/h1-4,8,10H,5-6H2,(H,14,15)(H,16,17). The summed E-state index contributed by atoms with van der Waals surface area (Å²) in [5.41, 5.74) is 0.879. The summed E-state index contributed by atoms with van der Waals surface area (Å²) in [6, 6.07) is 5.63. The van der Waals surface area contributed by atoms with Crippen LogP contribution in [0.5, 0.6) is 5.75 Å². The molecule has 2 N–H and O–H groups in total. The number of amides is 1. The number of fused-ring (bicyclic) bond motifs is 1. The van der Waals surface area contributed by atoms with Gasteiger partial charge in [-0.15, -0.1) is 0 Å². The summed E-state index contributed by atoms with van der Waals surface area (Å²) in [5.74, 6) is -1.41. The largest absolute Gasteiger partial charge is 0.480 e. The first-order valence-electron chi connectivity index (χ1n) is 5.45. The van der Waals surface area contributed by atoms with E-state index in [1.165, 1.54) is 0 Å². The lowest BCUT2D eigenvalue weighted by molar-refractivity contribution is -0.143. The molecule has 0 saturated carbocycles. The molecule has 2 rings (SSSR count). The average molecular weight is 253 g/mol. The van der Waals surface area contributed by atoms with Crippen LogP contribution >= 0.6 is 0 Å². The van der Waals surface area contributed by atoms with Gasteiger partial charge < -0.3 is 15.2 Å². The van der Waals surface area contributed by atoms with E-state index in [2.05, 4.69) is 5.32 Å². The van der Waals surface area contributed by atoms with E-state index in [-0.39, 0.29) is 0 Å². The second-order valence-electron chi connectivity index (χ2n) is 3.97. The molecule has 18 heavy (non-hydrogen) atoms. The number of rotatable bonds is 4. The van der Waals surface area contributed by atoms with E-state index in [1.54, 1.807) is 12.1 Å². The van der Waals surface area contributed by atoms with Crippen molar-refractivity contribution in [1.29, 1.82) is 0 Å². The lowest BCUT2D eigenvalue weighted by Gasteiger charge is -2.14. The molecule has 1 aromatic rings. The third-order valence-electron chi connectivity index (χ3n) is 2.71. The summed E-state index contributed by atoms with van der Waals surface area (Å²) < 4.78 is 17.7. The molecular formula is C12H12FNO4. The highest BCUT2D eigenvalue weighted by Crippen LogP contribution is 2.28. The van der Waals surface area contributed by atoms with Crippen LogP contribution < -0.4 is 10.1 Å². The fourth-order valence-electron chi connectivity index (χ4n) is 1.76. The number of carboxylic acids is 1. The van der Waals surface area contributed by atoms with Crippen molar-refractivity contribution >= 4 is 11.9 Å².